The molecule has 1 rings (SSSR count). The van der Waals surface area contributed by atoms with Crippen molar-refractivity contribution >= 4 is 23.2 Å². The van der Waals surface area contributed by atoms with E-state index in [0.717, 1.165) is 11.3 Å². The zero-order valence-corrected chi connectivity index (χ0v) is 10.1. The first-order valence-corrected chi connectivity index (χ1v) is 5.28. The molecular formula is C11H15ClN2O2. The topological polar surface area (TPSA) is 64.3 Å². The summed E-state index contributed by atoms with van der Waals surface area (Å²) in [5, 5.41) is 3.73. The van der Waals surface area contributed by atoms with Gasteiger partial charge in [-0.1, -0.05) is 11.6 Å². The van der Waals surface area contributed by atoms with E-state index in [1.54, 1.807) is 13.2 Å². The van der Waals surface area contributed by atoms with Crippen LogP contribution in [0.15, 0.2) is 12.1 Å². The van der Waals surface area contributed by atoms with Crippen LogP contribution in [-0.4, -0.2) is 19.6 Å². The highest BCUT2D eigenvalue weighted by atomic mass is 35.5. The number of aryl methyl sites for hydroxylation is 1. The molecule has 0 fully saturated rings. The van der Waals surface area contributed by atoms with Gasteiger partial charge >= 0.3 is 0 Å². The Bertz CT molecular complexity index is 394. The minimum absolute atomic E-state index is 0.283. The molecule has 3 N–H and O–H groups in total. The van der Waals surface area contributed by atoms with Crippen molar-refractivity contribution < 1.29 is 9.53 Å². The van der Waals surface area contributed by atoms with Crippen LogP contribution < -0.4 is 15.8 Å². The third kappa shape index (κ3) is 3.31. The molecule has 1 aromatic carbocycles. The zero-order valence-electron chi connectivity index (χ0n) is 9.34. The van der Waals surface area contributed by atoms with Gasteiger partial charge in [0.1, 0.15) is 5.75 Å². The molecule has 5 heteroatoms. The van der Waals surface area contributed by atoms with E-state index in [4.69, 9.17) is 22.1 Å². The quantitative estimate of drug-likeness (QED) is 0.830. The number of rotatable bonds is 5. The van der Waals surface area contributed by atoms with Gasteiger partial charge in [0, 0.05) is 24.1 Å². The van der Waals surface area contributed by atoms with Crippen molar-refractivity contribution in [3.8, 4) is 5.75 Å². The molecule has 0 saturated heterocycles. The Labute approximate surface area is 99.7 Å². The van der Waals surface area contributed by atoms with Crippen LogP contribution in [0.2, 0.25) is 5.02 Å². The first kappa shape index (κ1) is 12.6. The Morgan fingerprint density at radius 1 is 1.56 bits per heavy atom. The minimum atomic E-state index is -0.336. The highest BCUT2D eigenvalue weighted by Gasteiger charge is 2.06. The highest BCUT2D eigenvalue weighted by molar-refractivity contribution is 6.31. The van der Waals surface area contributed by atoms with Crippen LogP contribution in [0.3, 0.4) is 0 Å². The number of carbonyl (C=O) groups excluding carboxylic acids is 1. The van der Waals surface area contributed by atoms with E-state index in [1.165, 1.54) is 0 Å². The molecule has 0 aliphatic heterocycles. The van der Waals surface area contributed by atoms with Crippen LogP contribution in [-0.2, 0) is 4.79 Å². The lowest BCUT2D eigenvalue weighted by molar-refractivity contribution is -0.117. The molecule has 0 atom stereocenters. The van der Waals surface area contributed by atoms with Crippen LogP contribution in [0.5, 0.6) is 5.75 Å². The van der Waals surface area contributed by atoms with Crippen LogP contribution >= 0.6 is 11.6 Å². The summed E-state index contributed by atoms with van der Waals surface area (Å²) in [6.45, 7) is 2.38. The summed E-state index contributed by atoms with van der Waals surface area (Å²) < 4.78 is 5.18. The number of hydrogen-bond acceptors (Lipinski definition) is 3. The Morgan fingerprint density at radius 2 is 2.25 bits per heavy atom. The molecule has 4 nitrogen and oxygen atoms in total. The monoisotopic (exact) mass is 242 g/mol. The zero-order chi connectivity index (χ0) is 12.1. The number of nitrogens with two attached hydrogens (primary N) is 1. The first-order chi connectivity index (χ1) is 7.54. The van der Waals surface area contributed by atoms with Crippen molar-refractivity contribution in [1.29, 1.82) is 0 Å². The Hall–Kier alpha value is -1.42. The second-order valence-corrected chi connectivity index (χ2v) is 3.85. The van der Waals surface area contributed by atoms with Gasteiger partial charge in [-0.2, -0.15) is 0 Å². The second-order valence-electron chi connectivity index (χ2n) is 3.44. The van der Waals surface area contributed by atoms with Crippen molar-refractivity contribution in [2.24, 2.45) is 5.73 Å². The molecule has 1 aromatic rings. The third-order valence-electron chi connectivity index (χ3n) is 2.17. The largest absolute Gasteiger partial charge is 0.495 e. The van der Waals surface area contributed by atoms with Gasteiger partial charge in [-0.25, -0.2) is 0 Å². The molecule has 0 heterocycles. The summed E-state index contributed by atoms with van der Waals surface area (Å²) in [7, 11) is 1.57. The number of nitrogens with one attached hydrogen (secondary N) is 1. The van der Waals surface area contributed by atoms with Gasteiger partial charge in [0.15, 0.2) is 0 Å². The molecule has 0 aromatic heterocycles. The maximum atomic E-state index is 10.6. The molecule has 16 heavy (non-hydrogen) atoms. The van der Waals surface area contributed by atoms with Crippen molar-refractivity contribution in [2.75, 3.05) is 19.0 Å². The van der Waals surface area contributed by atoms with Gasteiger partial charge in [-0.15, -0.1) is 0 Å². The fourth-order valence-electron chi connectivity index (χ4n) is 1.29. The van der Waals surface area contributed by atoms with Gasteiger partial charge in [0.05, 0.1) is 12.8 Å². The number of hydrogen-bond donors (Lipinski definition) is 2. The molecule has 0 radical (unpaired) electrons. The Balaban J connectivity index is 2.77. The fourth-order valence-corrected chi connectivity index (χ4v) is 1.44. The van der Waals surface area contributed by atoms with Gasteiger partial charge in [0.25, 0.3) is 0 Å². The molecule has 0 spiro atoms. The van der Waals surface area contributed by atoms with E-state index in [9.17, 15) is 4.79 Å². The number of primary amides is 1. The molecule has 0 bridgehead atoms. The molecule has 0 unspecified atom stereocenters. The Kier molecular flexibility index (Phi) is 4.43. The van der Waals surface area contributed by atoms with E-state index in [2.05, 4.69) is 5.32 Å². The van der Waals surface area contributed by atoms with E-state index < -0.39 is 0 Å². The van der Waals surface area contributed by atoms with Gasteiger partial charge < -0.3 is 15.8 Å². The lowest BCUT2D eigenvalue weighted by Crippen LogP contribution is -2.16. The minimum Gasteiger partial charge on any atom is -0.495 e. The van der Waals surface area contributed by atoms with E-state index in [-0.39, 0.29) is 12.3 Å². The van der Waals surface area contributed by atoms with Gasteiger partial charge in [-0.05, 0) is 18.6 Å². The summed E-state index contributed by atoms with van der Waals surface area (Å²) >= 11 is 5.97. The number of halogens is 1. The summed E-state index contributed by atoms with van der Waals surface area (Å²) in [5.74, 6) is 0.317. The van der Waals surface area contributed by atoms with Crippen molar-refractivity contribution in [1.82, 2.24) is 0 Å². The Morgan fingerprint density at radius 3 is 2.81 bits per heavy atom. The SMILES string of the molecule is COc1cc(Cl)c(C)cc1NCCC(N)=O. The second kappa shape index (κ2) is 5.61. The maximum Gasteiger partial charge on any atom is 0.219 e. The normalized spacial score (nSPS) is 9.94. The van der Waals surface area contributed by atoms with Gasteiger partial charge in [-0.3, -0.25) is 4.79 Å². The van der Waals surface area contributed by atoms with Crippen molar-refractivity contribution in [3.63, 3.8) is 0 Å². The molecule has 0 saturated carbocycles. The highest BCUT2D eigenvalue weighted by Crippen LogP contribution is 2.30. The lowest BCUT2D eigenvalue weighted by atomic mass is 10.2. The van der Waals surface area contributed by atoms with Crippen LogP contribution in [0.25, 0.3) is 0 Å². The first-order valence-electron chi connectivity index (χ1n) is 4.91. The number of anilines is 1. The smallest absolute Gasteiger partial charge is 0.219 e. The molecule has 88 valence electrons. The summed E-state index contributed by atoms with van der Waals surface area (Å²) in [4.78, 5) is 10.6. The molecule has 0 aliphatic rings. The number of ether oxygens (including phenoxy) is 1. The fraction of sp³-hybridized carbons (Fsp3) is 0.364. The standard InChI is InChI=1S/C11H15ClN2O2/c1-7-5-9(14-4-3-11(13)15)10(16-2)6-8(7)12/h5-6,14H,3-4H2,1-2H3,(H2,13,15). The average Bonchev–Trinajstić information content (AvgIpc) is 2.22. The van der Waals surface area contributed by atoms with Crippen LogP contribution in [0, 0.1) is 6.92 Å². The molecule has 1 amide bonds. The summed E-state index contributed by atoms with van der Waals surface area (Å²) in [6, 6.07) is 3.62. The predicted octanol–water partition coefficient (Wildman–Crippen LogP) is 1.94. The van der Waals surface area contributed by atoms with Crippen LogP contribution in [0.1, 0.15) is 12.0 Å². The number of carbonyl (C=O) groups is 1. The summed E-state index contributed by atoms with van der Waals surface area (Å²) in [6.07, 6.45) is 0.283. The van der Waals surface area contributed by atoms with E-state index in [0.29, 0.717) is 17.3 Å². The lowest BCUT2D eigenvalue weighted by Gasteiger charge is -2.12. The van der Waals surface area contributed by atoms with Crippen molar-refractivity contribution in [3.05, 3.63) is 22.7 Å². The predicted molar refractivity (Wildman–Crippen MR) is 65.0 cm³/mol. The number of methoxy groups -OCH3 is 1. The average molecular weight is 243 g/mol. The molecule has 0 aliphatic carbocycles. The van der Waals surface area contributed by atoms with Crippen molar-refractivity contribution in [2.45, 2.75) is 13.3 Å². The van der Waals surface area contributed by atoms with E-state index in [1.807, 2.05) is 13.0 Å². The van der Waals surface area contributed by atoms with E-state index >= 15 is 0 Å². The third-order valence-corrected chi connectivity index (χ3v) is 2.57. The number of amides is 1. The number of benzene rings is 1. The van der Waals surface area contributed by atoms with Gasteiger partial charge in [0.2, 0.25) is 5.91 Å². The molecular weight excluding hydrogens is 228 g/mol. The maximum absolute atomic E-state index is 10.6. The summed E-state index contributed by atoms with van der Waals surface area (Å²) in [5.41, 5.74) is 6.81. The van der Waals surface area contributed by atoms with Crippen LogP contribution in [0.4, 0.5) is 5.69 Å².